The van der Waals surface area contributed by atoms with Crippen LogP contribution in [0, 0.1) is 11.3 Å². The Balaban J connectivity index is 2.43. The van der Waals surface area contributed by atoms with Crippen molar-refractivity contribution >= 4 is 16.6 Å². The summed E-state index contributed by atoms with van der Waals surface area (Å²) in [5.74, 6) is 0. The van der Waals surface area contributed by atoms with E-state index in [1.807, 2.05) is 42.5 Å². The largest absolute Gasteiger partial charge is 0.265 e. The highest BCUT2D eigenvalue weighted by Gasteiger charge is 2.01. The van der Waals surface area contributed by atoms with Gasteiger partial charge in [-0.3, -0.25) is 4.98 Å². The van der Waals surface area contributed by atoms with E-state index in [0.29, 0.717) is 5.03 Å². The minimum atomic E-state index is 0.448. The first-order chi connectivity index (χ1) is 8.31. The van der Waals surface area contributed by atoms with Gasteiger partial charge in [-0.25, -0.2) is 0 Å². The molecule has 1 aromatic heterocycles. The SMILES string of the molecule is N#C/C=C(\Cl)c1cccc(-c2ccncc2)c1. The van der Waals surface area contributed by atoms with Crippen LogP contribution in [-0.4, -0.2) is 4.98 Å². The third-order valence-corrected chi connectivity index (χ3v) is 2.67. The Morgan fingerprint density at radius 1 is 1.18 bits per heavy atom. The molecule has 0 unspecified atom stereocenters. The van der Waals surface area contributed by atoms with Crippen LogP contribution in [0.2, 0.25) is 0 Å². The molecule has 0 fully saturated rings. The molecule has 0 spiro atoms. The van der Waals surface area contributed by atoms with Gasteiger partial charge in [-0.15, -0.1) is 0 Å². The molecule has 0 amide bonds. The lowest BCUT2D eigenvalue weighted by Gasteiger charge is -2.03. The molecule has 0 N–H and O–H groups in total. The number of nitriles is 1. The first-order valence-corrected chi connectivity index (χ1v) is 5.45. The highest BCUT2D eigenvalue weighted by molar-refractivity contribution is 6.49. The number of aromatic nitrogens is 1. The van der Waals surface area contributed by atoms with Crippen molar-refractivity contribution in [3.05, 3.63) is 60.4 Å². The molecule has 2 nitrogen and oxygen atoms in total. The molecule has 82 valence electrons. The lowest BCUT2D eigenvalue weighted by atomic mass is 10.0. The second-order valence-electron chi connectivity index (χ2n) is 3.44. The standard InChI is InChI=1S/C14H9ClN2/c15-14(4-7-16)13-3-1-2-12(10-13)11-5-8-17-9-6-11/h1-6,8-10H/b14-4-. The van der Waals surface area contributed by atoms with E-state index in [9.17, 15) is 0 Å². The van der Waals surface area contributed by atoms with Crippen LogP contribution >= 0.6 is 11.6 Å². The van der Waals surface area contributed by atoms with Crippen LogP contribution in [0.3, 0.4) is 0 Å². The average Bonchev–Trinajstić information content (AvgIpc) is 2.40. The molecule has 0 radical (unpaired) electrons. The van der Waals surface area contributed by atoms with Crippen molar-refractivity contribution < 1.29 is 0 Å². The minimum Gasteiger partial charge on any atom is -0.265 e. The van der Waals surface area contributed by atoms with Crippen LogP contribution in [0.15, 0.2) is 54.9 Å². The molecule has 1 aromatic carbocycles. The third kappa shape index (κ3) is 2.72. The van der Waals surface area contributed by atoms with Crippen molar-refractivity contribution in [3.8, 4) is 17.2 Å². The van der Waals surface area contributed by atoms with E-state index < -0.39 is 0 Å². The zero-order valence-corrected chi connectivity index (χ0v) is 9.72. The fourth-order valence-corrected chi connectivity index (χ4v) is 1.70. The summed E-state index contributed by atoms with van der Waals surface area (Å²) in [6.07, 6.45) is 4.82. The minimum absolute atomic E-state index is 0.448. The van der Waals surface area contributed by atoms with Gasteiger partial charge in [0.1, 0.15) is 0 Å². The molecule has 0 bridgehead atoms. The van der Waals surface area contributed by atoms with E-state index in [-0.39, 0.29) is 0 Å². The molecule has 0 atom stereocenters. The van der Waals surface area contributed by atoms with Crippen molar-refractivity contribution in [2.45, 2.75) is 0 Å². The summed E-state index contributed by atoms with van der Waals surface area (Å²) in [7, 11) is 0. The van der Waals surface area contributed by atoms with Crippen LogP contribution in [0.4, 0.5) is 0 Å². The maximum absolute atomic E-state index is 8.57. The summed E-state index contributed by atoms with van der Waals surface area (Å²) in [6, 6.07) is 13.5. The Morgan fingerprint density at radius 3 is 2.65 bits per heavy atom. The van der Waals surface area contributed by atoms with Crippen LogP contribution in [0.1, 0.15) is 5.56 Å². The van der Waals surface area contributed by atoms with Gasteiger partial charge in [-0.2, -0.15) is 5.26 Å². The fraction of sp³-hybridized carbons (Fsp3) is 0. The maximum Gasteiger partial charge on any atom is 0.0927 e. The molecule has 0 saturated carbocycles. The van der Waals surface area contributed by atoms with E-state index in [0.717, 1.165) is 16.7 Å². The fourth-order valence-electron chi connectivity index (χ4n) is 1.53. The number of hydrogen-bond acceptors (Lipinski definition) is 2. The predicted octanol–water partition coefficient (Wildman–Crippen LogP) is 3.85. The molecule has 1 heterocycles. The van der Waals surface area contributed by atoms with Gasteiger partial charge < -0.3 is 0 Å². The smallest absolute Gasteiger partial charge is 0.0927 e. The van der Waals surface area contributed by atoms with Crippen molar-refractivity contribution in [1.82, 2.24) is 4.98 Å². The molecule has 0 aliphatic heterocycles. The number of allylic oxidation sites excluding steroid dienone is 1. The summed E-state index contributed by atoms with van der Waals surface area (Å²) in [5, 5.41) is 9.01. The monoisotopic (exact) mass is 240 g/mol. The van der Waals surface area contributed by atoms with Crippen molar-refractivity contribution in [3.63, 3.8) is 0 Å². The second kappa shape index (κ2) is 5.29. The summed E-state index contributed by atoms with van der Waals surface area (Å²) in [6.45, 7) is 0. The Kier molecular flexibility index (Phi) is 3.54. The Hall–Kier alpha value is -2.11. The van der Waals surface area contributed by atoms with Crippen LogP contribution in [0.25, 0.3) is 16.2 Å². The third-order valence-electron chi connectivity index (χ3n) is 2.34. The maximum atomic E-state index is 8.57. The highest BCUT2D eigenvalue weighted by Crippen LogP contribution is 2.25. The summed E-state index contributed by atoms with van der Waals surface area (Å²) in [4.78, 5) is 3.98. The number of benzene rings is 1. The number of hydrogen-bond donors (Lipinski definition) is 0. The van der Waals surface area contributed by atoms with Gasteiger partial charge in [0.2, 0.25) is 0 Å². The van der Waals surface area contributed by atoms with Gasteiger partial charge >= 0.3 is 0 Å². The zero-order valence-electron chi connectivity index (χ0n) is 8.97. The van der Waals surface area contributed by atoms with E-state index in [1.54, 1.807) is 12.4 Å². The molecule has 3 heteroatoms. The number of halogens is 1. The Labute approximate surface area is 105 Å². The quantitative estimate of drug-likeness (QED) is 0.748. The summed E-state index contributed by atoms with van der Waals surface area (Å²) in [5.41, 5.74) is 2.96. The Bertz CT molecular complexity index is 583. The topological polar surface area (TPSA) is 36.7 Å². The highest BCUT2D eigenvalue weighted by atomic mass is 35.5. The van der Waals surface area contributed by atoms with Crippen LogP contribution < -0.4 is 0 Å². The van der Waals surface area contributed by atoms with Gasteiger partial charge in [0.05, 0.1) is 11.1 Å². The molecule has 2 rings (SSSR count). The van der Waals surface area contributed by atoms with Crippen molar-refractivity contribution in [2.75, 3.05) is 0 Å². The van der Waals surface area contributed by atoms with Gasteiger partial charge in [0, 0.05) is 18.5 Å². The van der Waals surface area contributed by atoms with E-state index in [2.05, 4.69) is 4.98 Å². The summed E-state index contributed by atoms with van der Waals surface area (Å²) < 4.78 is 0. The molecular weight excluding hydrogens is 232 g/mol. The van der Waals surface area contributed by atoms with Crippen molar-refractivity contribution in [2.24, 2.45) is 0 Å². The van der Waals surface area contributed by atoms with Gasteiger partial charge in [0.25, 0.3) is 0 Å². The van der Waals surface area contributed by atoms with Gasteiger partial charge in [0.15, 0.2) is 0 Å². The molecule has 17 heavy (non-hydrogen) atoms. The Morgan fingerprint density at radius 2 is 1.94 bits per heavy atom. The van der Waals surface area contributed by atoms with Crippen LogP contribution in [-0.2, 0) is 0 Å². The molecular formula is C14H9ClN2. The van der Waals surface area contributed by atoms with Gasteiger partial charge in [-0.05, 0) is 34.9 Å². The van der Waals surface area contributed by atoms with E-state index in [4.69, 9.17) is 16.9 Å². The van der Waals surface area contributed by atoms with Gasteiger partial charge in [-0.1, -0.05) is 29.8 Å². The molecule has 0 aliphatic rings. The lowest BCUT2D eigenvalue weighted by Crippen LogP contribution is -1.82. The second-order valence-corrected chi connectivity index (χ2v) is 3.85. The van der Waals surface area contributed by atoms with E-state index >= 15 is 0 Å². The average molecular weight is 241 g/mol. The lowest BCUT2D eigenvalue weighted by molar-refractivity contribution is 1.33. The molecule has 0 saturated heterocycles. The zero-order chi connectivity index (χ0) is 12.1. The number of rotatable bonds is 2. The van der Waals surface area contributed by atoms with Crippen molar-refractivity contribution in [1.29, 1.82) is 5.26 Å². The first kappa shape index (κ1) is 11.4. The normalized spacial score (nSPS) is 10.9. The predicted molar refractivity (Wildman–Crippen MR) is 69.1 cm³/mol. The van der Waals surface area contributed by atoms with E-state index in [1.165, 1.54) is 6.08 Å². The van der Waals surface area contributed by atoms with Crippen LogP contribution in [0.5, 0.6) is 0 Å². The summed E-state index contributed by atoms with van der Waals surface area (Å²) >= 11 is 5.99. The molecule has 2 aromatic rings. The molecule has 0 aliphatic carbocycles. The first-order valence-electron chi connectivity index (χ1n) is 5.07. The number of nitrogens with zero attached hydrogens (tertiary/aromatic N) is 2. The number of pyridine rings is 1.